The Hall–Kier alpha value is -2.89. The van der Waals surface area contributed by atoms with E-state index in [1.807, 2.05) is 12.1 Å². The van der Waals surface area contributed by atoms with Crippen molar-refractivity contribution in [2.24, 2.45) is 0 Å². The maximum atomic E-state index is 10.9. The van der Waals surface area contributed by atoms with Gasteiger partial charge in [0, 0.05) is 17.6 Å². The largest absolute Gasteiger partial charge is 0.346 e. The Labute approximate surface area is 108 Å². The first-order chi connectivity index (χ1) is 9.24. The highest BCUT2D eigenvalue weighted by Crippen LogP contribution is 2.26. The Morgan fingerprint density at radius 3 is 2.84 bits per heavy atom. The fourth-order valence-corrected chi connectivity index (χ4v) is 1.88. The summed E-state index contributed by atoms with van der Waals surface area (Å²) in [5.74, 6) is 0.559. The van der Waals surface area contributed by atoms with Crippen molar-refractivity contribution in [1.82, 2.24) is 9.97 Å². The van der Waals surface area contributed by atoms with Crippen LogP contribution in [-0.2, 0) is 0 Å². The zero-order valence-corrected chi connectivity index (χ0v) is 9.83. The molecule has 0 saturated heterocycles. The van der Waals surface area contributed by atoms with Gasteiger partial charge in [0.05, 0.1) is 4.92 Å². The summed E-state index contributed by atoms with van der Waals surface area (Å²) < 4.78 is 0. The van der Waals surface area contributed by atoms with Gasteiger partial charge in [0.15, 0.2) is 0 Å². The third-order valence-corrected chi connectivity index (χ3v) is 2.77. The molecule has 0 fully saturated rings. The molecule has 0 aliphatic rings. The van der Waals surface area contributed by atoms with E-state index in [1.54, 1.807) is 30.5 Å². The predicted octanol–water partition coefficient (Wildman–Crippen LogP) is 3.21. The molecule has 0 bridgehead atoms. The Kier molecular flexibility index (Phi) is 2.60. The predicted molar refractivity (Wildman–Crippen MR) is 72.5 cm³/mol. The SMILES string of the molecule is O=[N+]([O-])c1ccccc1Nc1ccc2cc[nH]c2n1. The van der Waals surface area contributed by atoms with Gasteiger partial charge < -0.3 is 10.3 Å². The van der Waals surface area contributed by atoms with Gasteiger partial charge in [-0.25, -0.2) is 4.98 Å². The zero-order chi connectivity index (χ0) is 13.2. The van der Waals surface area contributed by atoms with Crippen LogP contribution in [0.4, 0.5) is 17.2 Å². The number of fused-ring (bicyclic) bond motifs is 1. The third-order valence-electron chi connectivity index (χ3n) is 2.77. The van der Waals surface area contributed by atoms with E-state index < -0.39 is 4.92 Å². The van der Waals surface area contributed by atoms with E-state index >= 15 is 0 Å². The van der Waals surface area contributed by atoms with Crippen LogP contribution in [-0.4, -0.2) is 14.9 Å². The van der Waals surface area contributed by atoms with E-state index in [1.165, 1.54) is 6.07 Å². The number of hydrogen-bond donors (Lipinski definition) is 2. The molecule has 2 N–H and O–H groups in total. The minimum Gasteiger partial charge on any atom is -0.346 e. The lowest BCUT2D eigenvalue weighted by Crippen LogP contribution is -1.98. The number of nitro benzene ring substituents is 1. The summed E-state index contributed by atoms with van der Waals surface area (Å²) in [5.41, 5.74) is 1.19. The Bertz CT molecular complexity index is 751. The van der Waals surface area contributed by atoms with E-state index in [4.69, 9.17) is 0 Å². The molecule has 0 atom stereocenters. The van der Waals surface area contributed by atoms with Crippen LogP contribution in [0.25, 0.3) is 11.0 Å². The van der Waals surface area contributed by atoms with Gasteiger partial charge in [-0.1, -0.05) is 12.1 Å². The fraction of sp³-hybridized carbons (Fsp3) is 0. The number of aromatic nitrogens is 2. The highest BCUT2D eigenvalue weighted by atomic mass is 16.6. The molecule has 1 aromatic carbocycles. The number of pyridine rings is 1. The first-order valence-electron chi connectivity index (χ1n) is 5.68. The van der Waals surface area contributed by atoms with E-state index in [9.17, 15) is 10.1 Å². The Balaban J connectivity index is 1.98. The van der Waals surface area contributed by atoms with Crippen molar-refractivity contribution in [3.63, 3.8) is 0 Å². The minimum atomic E-state index is -0.421. The normalized spacial score (nSPS) is 10.5. The molecule has 0 aliphatic carbocycles. The molecule has 6 nitrogen and oxygen atoms in total. The van der Waals surface area contributed by atoms with E-state index in [2.05, 4.69) is 15.3 Å². The van der Waals surface area contributed by atoms with E-state index in [0.29, 0.717) is 11.5 Å². The molecule has 19 heavy (non-hydrogen) atoms. The summed E-state index contributed by atoms with van der Waals surface area (Å²) in [4.78, 5) is 17.8. The van der Waals surface area contributed by atoms with Crippen molar-refractivity contribution in [3.8, 4) is 0 Å². The molecule has 2 heterocycles. The second kappa shape index (κ2) is 4.41. The average molecular weight is 254 g/mol. The molecular formula is C13H10N4O2. The smallest absolute Gasteiger partial charge is 0.292 e. The Morgan fingerprint density at radius 1 is 1.16 bits per heavy atom. The molecular weight excluding hydrogens is 244 g/mol. The summed E-state index contributed by atoms with van der Waals surface area (Å²) in [5, 5.41) is 14.9. The molecule has 0 aliphatic heterocycles. The number of benzene rings is 1. The lowest BCUT2D eigenvalue weighted by molar-refractivity contribution is -0.383. The van der Waals surface area contributed by atoms with Gasteiger partial charge in [-0.05, 0) is 24.3 Å². The van der Waals surface area contributed by atoms with Crippen LogP contribution in [0.15, 0.2) is 48.7 Å². The quantitative estimate of drug-likeness (QED) is 0.555. The van der Waals surface area contributed by atoms with E-state index in [-0.39, 0.29) is 5.69 Å². The van der Waals surface area contributed by atoms with Gasteiger partial charge in [-0.3, -0.25) is 10.1 Å². The summed E-state index contributed by atoms with van der Waals surface area (Å²) in [6.07, 6.45) is 1.80. The summed E-state index contributed by atoms with van der Waals surface area (Å²) in [6.45, 7) is 0. The molecule has 6 heteroatoms. The highest BCUT2D eigenvalue weighted by Gasteiger charge is 2.12. The maximum absolute atomic E-state index is 10.9. The number of anilines is 2. The summed E-state index contributed by atoms with van der Waals surface area (Å²) >= 11 is 0. The van der Waals surface area contributed by atoms with Crippen molar-refractivity contribution in [1.29, 1.82) is 0 Å². The van der Waals surface area contributed by atoms with Crippen LogP contribution >= 0.6 is 0 Å². The van der Waals surface area contributed by atoms with Crippen molar-refractivity contribution < 1.29 is 4.92 Å². The van der Waals surface area contributed by atoms with Gasteiger partial charge in [0.1, 0.15) is 17.2 Å². The lowest BCUT2D eigenvalue weighted by atomic mass is 10.2. The van der Waals surface area contributed by atoms with Gasteiger partial charge in [0.25, 0.3) is 5.69 Å². The number of aromatic amines is 1. The van der Waals surface area contributed by atoms with Crippen LogP contribution in [0.1, 0.15) is 0 Å². The van der Waals surface area contributed by atoms with Gasteiger partial charge in [-0.2, -0.15) is 0 Å². The molecule has 0 amide bonds. The molecule has 3 aromatic rings. The molecule has 3 rings (SSSR count). The van der Waals surface area contributed by atoms with Gasteiger partial charge >= 0.3 is 0 Å². The Morgan fingerprint density at radius 2 is 2.00 bits per heavy atom. The molecule has 2 aromatic heterocycles. The number of para-hydroxylation sites is 2. The van der Waals surface area contributed by atoms with Crippen molar-refractivity contribution >= 4 is 28.2 Å². The topological polar surface area (TPSA) is 83.9 Å². The monoisotopic (exact) mass is 254 g/mol. The summed E-state index contributed by atoms with van der Waals surface area (Å²) in [6, 6.07) is 12.1. The minimum absolute atomic E-state index is 0.0240. The number of nitro groups is 1. The average Bonchev–Trinajstić information content (AvgIpc) is 2.86. The first kappa shape index (κ1) is 11.2. The molecule has 94 valence electrons. The van der Waals surface area contributed by atoms with Crippen LogP contribution in [0.2, 0.25) is 0 Å². The number of rotatable bonds is 3. The van der Waals surface area contributed by atoms with Crippen LogP contribution in [0.5, 0.6) is 0 Å². The molecule has 0 spiro atoms. The van der Waals surface area contributed by atoms with Crippen LogP contribution in [0.3, 0.4) is 0 Å². The zero-order valence-electron chi connectivity index (χ0n) is 9.83. The molecule has 0 unspecified atom stereocenters. The lowest BCUT2D eigenvalue weighted by Gasteiger charge is -2.05. The van der Waals surface area contributed by atoms with Crippen LogP contribution < -0.4 is 5.32 Å². The van der Waals surface area contributed by atoms with E-state index in [0.717, 1.165) is 11.0 Å². The van der Waals surface area contributed by atoms with Crippen molar-refractivity contribution in [2.75, 3.05) is 5.32 Å². The second-order valence-corrected chi connectivity index (χ2v) is 4.01. The first-order valence-corrected chi connectivity index (χ1v) is 5.68. The van der Waals surface area contributed by atoms with Gasteiger partial charge in [-0.15, -0.1) is 0 Å². The summed E-state index contributed by atoms with van der Waals surface area (Å²) in [7, 11) is 0. The number of H-pyrrole nitrogens is 1. The number of nitrogens with zero attached hydrogens (tertiary/aromatic N) is 2. The van der Waals surface area contributed by atoms with Crippen LogP contribution in [0, 0.1) is 10.1 Å². The standard InChI is InChI=1S/C13H10N4O2/c18-17(19)11-4-2-1-3-10(11)15-12-6-5-9-7-8-14-13(9)16-12/h1-8H,(H2,14,15,16). The molecule has 0 radical (unpaired) electrons. The molecule has 0 saturated carbocycles. The fourth-order valence-electron chi connectivity index (χ4n) is 1.88. The number of nitrogens with one attached hydrogen (secondary N) is 2. The van der Waals surface area contributed by atoms with Gasteiger partial charge in [0.2, 0.25) is 0 Å². The van der Waals surface area contributed by atoms with Crippen molar-refractivity contribution in [3.05, 3.63) is 58.8 Å². The highest BCUT2D eigenvalue weighted by molar-refractivity contribution is 5.78. The maximum Gasteiger partial charge on any atom is 0.292 e. The number of hydrogen-bond acceptors (Lipinski definition) is 4. The second-order valence-electron chi connectivity index (χ2n) is 4.01. The third kappa shape index (κ3) is 2.11. The van der Waals surface area contributed by atoms with Crippen molar-refractivity contribution in [2.45, 2.75) is 0 Å².